The molecule has 0 N–H and O–H groups in total. The second kappa shape index (κ2) is 7.16. The SMILES string of the molecule is Cc1ccc(CC(=O)CSc2cccc(Cl)c2)c(Cl)c1. The van der Waals surface area contributed by atoms with Gasteiger partial charge in [0.05, 0.1) is 5.75 Å². The van der Waals surface area contributed by atoms with Crippen LogP contribution in [0, 0.1) is 6.92 Å². The van der Waals surface area contributed by atoms with Crippen molar-refractivity contribution in [1.29, 1.82) is 0 Å². The predicted octanol–water partition coefficient (Wildman–Crippen LogP) is 5.21. The number of carbonyl (C=O) groups excluding carboxylic acids is 1. The molecule has 4 heteroatoms. The Morgan fingerprint density at radius 1 is 1.15 bits per heavy atom. The minimum absolute atomic E-state index is 0.153. The van der Waals surface area contributed by atoms with Crippen LogP contribution in [0.1, 0.15) is 11.1 Å². The summed E-state index contributed by atoms with van der Waals surface area (Å²) in [6, 6.07) is 13.3. The smallest absolute Gasteiger partial charge is 0.147 e. The van der Waals surface area contributed by atoms with Gasteiger partial charge in [-0.2, -0.15) is 0 Å². The van der Waals surface area contributed by atoms with Crippen molar-refractivity contribution in [2.75, 3.05) is 5.75 Å². The molecule has 0 aliphatic rings. The summed E-state index contributed by atoms with van der Waals surface area (Å²) in [7, 11) is 0. The summed E-state index contributed by atoms with van der Waals surface area (Å²) >= 11 is 13.5. The summed E-state index contributed by atoms with van der Waals surface area (Å²) in [6.07, 6.45) is 0.368. The first kappa shape index (κ1) is 15.4. The molecule has 0 aliphatic carbocycles. The Balaban J connectivity index is 1.92. The second-order valence-corrected chi connectivity index (χ2v) is 6.45. The Labute approximate surface area is 133 Å². The van der Waals surface area contributed by atoms with Crippen LogP contribution in [0.2, 0.25) is 10.0 Å². The maximum absolute atomic E-state index is 12.0. The van der Waals surface area contributed by atoms with Crippen LogP contribution in [0.25, 0.3) is 0 Å². The van der Waals surface area contributed by atoms with Gasteiger partial charge < -0.3 is 0 Å². The summed E-state index contributed by atoms with van der Waals surface area (Å²) in [5.41, 5.74) is 1.98. The van der Waals surface area contributed by atoms with E-state index in [1.165, 1.54) is 11.8 Å². The Morgan fingerprint density at radius 2 is 1.95 bits per heavy atom. The van der Waals surface area contributed by atoms with Crippen LogP contribution in [0.3, 0.4) is 0 Å². The summed E-state index contributed by atoms with van der Waals surface area (Å²) in [6.45, 7) is 1.98. The highest BCUT2D eigenvalue weighted by Gasteiger charge is 2.08. The minimum Gasteiger partial charge on any atom is -0.298 e. The summed E-state index contributed by atoms with van der Waals surface area (Å²) in [4.78, 5) is 13.0. The van der Waals surface area contributed by atoms with E-state index in [1.54, 1.807) is 0 Å². The lowest BCUT2D eigenvalue weighted by molar-refractivity contribution is -0.116. The monoisotopic (exact) mass is 324 g/mol. The Hall–Kier alpha value is -0.960. The number of thioether (sulfide) groups is 1. The molecule has 0 unspecified atom stereocenters. The summed E-state index contributed by atoms with van der Waals surface area (Å²) < 4.78 is 0. The maximum atomic E-state index is 12.0. The molecule has 0 bridgehead atoms. The van der Waals surface area contributed by atoms with Crippen LogP contribution >= 0.6 is 35.0 Å². The van der Waals surface area contributed by atoms with Crippen molar-refractivity contribution in [2.45, 2.75) is 18.2 Å². The topological polar surface area (TPSA) is 17.1 Å². The van der Waals surface area contributed by atoms with Gasteiger partial charge in [-0.3, -0.25) is 4.79 Å². The lowest BCUT2D eigenvalue weighted by Crippen LogP contribution is -2.06. The van der Waals surface area contributed by atoms with Gasteiger partial charge in [-0.25, -0.2) is 0 Å². The molecule has 104 valence electrons. The number of ketones is 1. The van der Waals surface area contributed by atoms with Crippen molar-refractivity contribution in [2.24, 2.45) is 0 Å². The lowest BCUT2D eigenvalue weighted by atomic mass is 10.1. The minimum atomic E-state index is 0.153. The number of rotatable bonds is 5. The molecule has 0 saturated heterocycles. The van der Waals surface area contributed by atoms with Crippen LogP contribution in [-0.2, 0) is 11.2 Å². The summed E-state index contributed by atoms with van der Waals surface area (Å²) in [5, 5.41) is 1.34. The van der Waals surface area contributed by atoms with Gasteiger partial charge in [0.15, 0.2) is 0 Å². The molecule has 0 spiro atoms. The first-order valence-corrected chi connectivity index (χ1v) is 7.94. The van der Waals surface area contributed by atoms with Crippen LogP contribution < -0.4 is 0 Å². The van der Waals surface area contributed by atoms with Gasteiger partial charge in [0.2, 0.25) is 0 Å². The molecule has 2 rings (SSSR count). The van der Waals surface area contributed by atoms with Crippen molar-refractivity contribution >= 4 is 40.7 Å². The molecule has 0 atom stereocenters. The fraction of sp³-hybridized carbons (Fsp3) is 0.188. The van der Waals surface area contributed by atoms with E-state index >= 15 is 0 Å². The van der Waals surface area contributed by atoms with E-state index in [9.17, 15) is 4.79 Å². The largest absolute Gasteiger partial charge is 0.298 e. The number of carbonyl (C=O) groups is 1. The lowest BCUT2D eigenvalue weighted by Gasteiger charge is -2.05. The van der Waals surface area contributed by atoms with Crippen molar-refractivity contribution in [3.8, 4) is 0 Å². The zero-order chi connectivity index (χ0) is 14.5. The zero-order valence-corrected chi connectivity index (χ0v) is 13.4. The number of halogens is 2. The molecule has 20 heavy (non-hydrogen) atoms. The molecular formula is C16H14Cl2OS. The molecule has 0 aliphatic heterocycles. The number of hydrogen-bond donors (Lipinski definition) is 0. The standard InChI is InChI=1S/C16H14Cl2OS/c1-11-5-6-12(16(18)7-11)8-14(19)10-20-15-4-2-3-13(17)9-15/h2-7,9H,8,10H2,1H3. The normalized spacial score (nSPS) is 10.6. The number of benzene rings is 2. The van der Waals surface area contributed by atoms with Gasteiger partial charge in [0, 0.05) is 21.4 Å². The summed E-state index contributed by atoms with van der Waals surface area (Å²) in [5.74, 6) is 0.575. The van der Waals surface area contributed by atoms with Gasteiger partial charge in [-0.15, -0.1) is 11.8 Å². The Kier molecular flexibility index (Phi) is 5.53. The van der Waals surface area contributed by atoms with Gasteiger partial charge in [-0.1, -0.05) is 41.4 Å². The van der Waals surface area contributed by atoms with Crippen molar-refractivity contribution in [3.63, 3.8) is 0 Å². The van der Waals surface area contributed by atoms with E-state index in [-0.39, 0.29) is 5.78 Å². The van der Waals surface area contributed by atoms with Crippen LogP contribution in [0.5, 0.6) is 0 Å². The molecule has 0 fully saturated rings. The highest BCUT2D eigenvalue weighted by Crippen LogP contribution is 2.23. The van der Waals surface area contributed by atoms with Gasteiger partial charge >= 0.3 is 0 Å². The third kappa shape index (κ3) is 4.55. The van der Waals surface area contributed by atoms with E-state index in [0.29, 0.717) is 22.2 Å². The third-order valence-corrected chi connectivity index (χ3v) is 4.43. The molecule has 0 aromatic heterocycles. The average Bonchev–Trinajstić information content (AvgIpc) is 2.40. The molecule has 1 nitrogen and oxygen atoms in total. The molecule has 0 heterocycles. The maximum Gasteiger partial charge on any atom is 0.147 e. The third-order valence-electron chi connectivity index (χ3n) is 2.79. The van der Waals surface area contributed by atoms with E-state index in [1.807, 2.05) is 49.4 Å². The van der Waals surface area contributed by atoms with Crippen molar-refractivity contribution in [3.05, 3.63) is 63.6 Å². The highest BCUT2D eigenvalue weighted by atomic mass is 35.5. The van der Waals surface area contributed by atoms with Gasteiger partial charge in [0.1, 0.15) is 5.78 Å². The fourth-order valence-corrected chi connectivity index (χ4v) is 3.15. The van der Waals surface area contributed by atoms with Crippen LogP contribution in [-0.4, -0.2) is 11.5 Å². The van der Waals surface area contributed by atoms with Gasteiger partial charge in [-0.05, 0) is 42.3 Å². The molecule has 0 amide bonds. The van der Waals surface area contributed by atoms with Crippen molar-refractivity contribution in [1.82, 2.24) is 0 Å². The molecule has 0 radical (unpaired) electrons. The number of aryl methyl sites for hydroxylation is 1. The number of Topliss-reactive ketones (excluding diaryl/α,β-unsaturated/α-hetero) is 1. The quantitative estimate of drug-likeness (QED) is 0.702. The molecule has 2 aromatic carbocycles. The second-order valence-electron chi connectivity index (χ2n) is 4.56. The average molecular weight is 325 g/mol. The molecular weight excluding hydrogens is 311 g/mol. The van der Waals surface area contributed by atoms with Crippen LogP contribution in [0.4, 0.5) is 0 Å². The zero-order valence-electron chi connectivity index (χ0n) is 11.0. The van der Waals surface area contributed by atoms with E-state index in [0.717, 1.165) is 16.0 Å². The predicted molar refractivity (Wildman–Crippen MR) is 87.1 cm³/mol. The first-order valence-electron chi connectivity index (χ1n) is 6.19. The van der Waals surface area contributed by atoms with E-state index in [4.69, 9.17) is 23.2 Å². The number of hydrogen-bond acceptors (Lipinski definition) is 2. The highest BCUT2D eigenvalue weighted by molar-refractivity contribution is 8.00. The van der Waals surface area contributed by atoms with Crippen LogP contribution in [0.15, 0.2) is 47.4 Å². The first-order chi connectivity index (χ1) is 9.54. The molecule has 0 saturated carbocycles. The Morgan fingerprint density at radius 3 is 2.65 bits per heavy atom. The van der Waals surface area contributed by atoms with E-state index in [2.05, 4.69) is 0 Å². The van der Waals surface area contributed by atoms with Gasteiger partial charge in [0.25, 0.3) is 0 Å². The fourth-order valence-electron chi connectivity index (χ4n) is 1.78. The van der Waals surface area contributed by atoms with Crippen molar-refractivity contribution < 1.29 is 4.79 Å². The Bertz CT molecular complexity index is 626. The van der Waals surface area contributed by atoms with E-state index < -0.39 is 0 Å². The molecule has 2 aromatic rings.